The Kier molecular flexibility index (Phi) is 3.55. The molecular formula is C15H15NO. The molecule has 1 amide bonds. The van der Waals surface area contributed by atoms with E-state index in [-0.39, 0.29) is 5.91 Å². The Morgan fingerprint density at radius 2 is 1.35 bits per heavy atom. The summed E-state index contributed by atoms with van der Waals surface area (Å²) >= 11 is 0. The first-order valence-corrected chi connectivity index (χ1v) is 5.64. The maximum absolute atomic E-state index is 10.8. The highest BCUT2D eigenvalue weighted by Crippen LogP contribution is 2.10. The van der Waals surface area contributed by atoms with Crippen molar-refractivity contribution in [2.45, 2.75) is 12.8 Å². The molecule has 0 aliphatic heterocycles. The van der Waals surface area contributed by atoms with Gasteiger partial charge in [-0.05, 0) is 23.1 Å². The van der Waals surface area contributed by atoms with Gasteiger partial charge < -0.3 is 5.73 Å². The molecule has 2 aromatic rings. The van der Waals surface area contributed by atoms with Gasteiger partial charge in [-0.1, -0.05) is 54.6 Å². The van der Waals surface area contributed by atoms with Gasteiger partial charge in [0.2, 0.25) is 5.91 Å². The normalized spacial score (nSPS) is 10.1. The molecule has 0 saturated heterocycles. The Hall–Kier alpha value is -2.09. The highest BCUT2D eigenvalue weighted by atomic mass is 16.1. The van der Waals surface area contributed by atoms with E-state index < -0.39 is 0 Å². The van der Waals surface area contributed by atoms with Crippen molar-refractivity contribution in [2.24, 2.45) is 5.73 Å². The van der Waals surface area contributed by atoms with Gasteiger partial charge in [0.25, 0.3) is 0 Å². The molecule has 0 atom stereocenters. The zero-order chi connectivity index (χ0) is 12.1. The Bertz CT molecular complexity index is 488. The summed E-state index contributed by atoms with van der Waals surface area (Å²) in [7, 11) is 0. The number of hydrogen-bond acceptors (Lipinski definition) is 1. The zero-order valence-corrected chi connectivity index (χ0v) is 9.60. The Morgan fingerprint density at radius 1 is 0.824 bits per heavy atom. The van der Waals surface area contributed by atoms with Crippen molar-refractivity contribution < 1.29 is 4.79 Å². The number of benzene rings is 2. The Balaban J connectivity index is 2.06. The Labute approximate surface area is 101 Å². The third-order valence-electron chi connectivity index (χ3n) is 2.65. The van der Waals surface area contributed by atoms with Crippen molar-refractivity contribution in [3.63, 3.8) is 0 Å². The molecule has 2 aromatic carbocycles. The molecular weight excluding hydrogens is 210 g/mol. The van der Waals surface area contributed by atoms with Crippen LogP contribution in [0.3, 0.4) is 0 Å². The lowest BCUT2D eigenvalue weighted by molar-refractivity contribution is -0.117. The average Bonchev–Trinajstić information content (AvgIpc) is 2.32. The number of carbonyl (C=O) groups excluding carboxylic acids is 1. The van der Waals surface area contributed by atoms with Gasteiger partial charge in [-0.25, -0.2) is 0 Å². The molecule has 2 rings (SSSR count). The van der Waals surface area contributed by atoms with Crippen LogP contribution in [-0.2, 0) is 17.6 Å². The summed E-state index contributed by atoms with van der Waals surface area (Å²) in [6.07, 6.45) is 1.23. The fourth-order valence-electron chi connectivity index (χ4n) is 1.81. The van der Waals surface area contributed by atoms with Gasteiger partial charge in [0.15, 0.2) is 0 Å². The van der Waals surface area contributed by atoms with E-state index in [1.807, 2.05) is 42.5 Å². The van der Waals surface area contributed by atoms with E-state index in [0.29, 0.717) is 6.42 Å². The highest BCUT2D eigenvalue weighted by Gasteiger charge is 1.99. The van der Waals surface area contributed by atoms with Crippen molar-refractivity contribution >= 4 is 5.91 Å². The number of nitrogens with two attached hydrogens (primary N) is 1. The van der Waals surface area contributed by atoms with Gasteiger partial charge in [0.1, 0.15) is 0 Å². The molecule has 0 aromatic heterocycles. The van der Waals surface area contributed by atoms with Gasteiger partial charge >= 0.3 is 0 Å². The van der Waals surface area contributed by atoms with Crippen molar-refractivity contribution in [2.75, 3.05) is 0 Å². The summed E-state index contributed by atoms with van der Waals surface area (Å²) in [6.45, 7) is 0. The number of primary amides is 1. The van der Waals surface area contributed by atoms with Crippen LogP contribution in [0, 0.1) is 0 Å². The second kappa shape index (κ2) is 5.30. The van der Waals surface area contributed by atoms with Crippen molar-refractivity contribution in [1.82, 2.24) is 0 Å². The van der Waals surface area contributed by atoms with Crippen molar-refractivity contribution in [3.05, 3.63) is 71.3 Å². The van der Waals surface area contributed by atoms with Crippen LogP contribution in [0.4, 0.5) is 0 Å². The van der Waals surface area contributed by atoms with E-state index in [9.17, 15) is 4.79 Å². The summed E-state index contributed by atoms with van der Waals surface area (Å²) in [4.78, 5) is 10.8. The second-order valence-corrected chi connectivity index (χ2v) is 4.12. The van der Waals surface area contributed by atoms with Gasteiger partial charge in [0, 0.05) is 0 Å². The van der Waals surface area contributed by atoms with Crippen molar-refractivity contribution in [1.29, 1.82) is 0 Å². The van der Waals surface area contributed by atoms with Gasteiger partial charge in [-0.15, -0.1) is 0 Å². The third kappa shape index (κ3) is 3.45. The lowest BCUT2D eigenvalue weighted by atomic mass is 10.0. The summed E-state index contributed by atoms with van der Waals surface area (Å²) in [5.74, 6) is -0.291. The molecule has 2 N–H and O–H groups in total. The van der Waals surface area contributed by atoms with E-state index in [0.717, 1.165) is 12.0 Å². The predicted molar refractivity (Wildman–Crippen MR) is 68.6 cm³/mol. The largest absolute Gasteiger partial charge is 0.369 e. The Morgan fingerprint density at radius 3 is 1.94 bits per heavy atom. The number of amides is 1. The van der Waals surface area contributed by atoms with Crippen LogP contribution in [0.15, 0.2) is 54.6 Å². The smallest absolute Gasteiger partial charge is 0.221 e. The van der Waals surface area contributed by atoms with E-state index >= 15 is 0 Å². The van der Waals surface area contributed by atoms with E-state index in [2.05, 4.69) is 12.1 Å². The van der Waals surface area contributed by atoms with Gasteiger partial charge in [-0.3, -0.25) is 4.79 Å². The standard InChI is InChI=1S/C15H15NO/c16-15(17)11-14-8-6-13(7-9-14)10-12-4-2-1-3-5-12/h1-9H,10-11H2,(H2,16,17). The van der Waals surface area contributed by atoms with E-state index in [4.69, 9.17) is 5.73 Å². The highest BCUT2D eigenvalue weighted by molar-refractivity contribution is 5.76. The van der Waals surface area contributed by atoms with E-state index in [1.165, 1.54) is 11.1 Å². The summed E-state index contributed by atoms with van der Waals surface area (Å²) in [5.41, 5.74) is 8.64. The number of rotatable bonds is 4. The fraction of sp³-hybridized carbons (Fsp3) is 0.133. The van der Waals surface area contributed by atoms with Crippen molar-refractivity contribution in [3.8, 4) is 0 Å². The van der Waals surface area contributed by atoms with Gasteiger partial charge in [-0.2, -0.15) is 0 Å². The van der Waals surface area contributed by atoms with Crippen LogP contribution in [-0.4, -0.2) is 5.91 Å². The molecule has 0 radical (unpaired) electrons. The lowest BCUT2D eigenvalue weighted by Crippen LogP contribution is -2.13. The molecule has 17 heavy (non-hydrogen) atoms. The van der Waals surface area contributed by atoms with Gasteiger partial charge in [0.05, 0.1) is 6.42 Å². The van der Waals surface area contributed by atoms with Crippen LogP contribution in [0.25, 0.3) is 0 Å². The minimum atomic E-state index is -0.291. The molecule has 0 saturated carbocycles. The zero-order valence-electron chi connectivity index (χ0n) is 9.60. The molecule has 0 heterocycles. The number of hydrogen-bond donors (Lipinski definition) is 1. The predicted octanol–water partition coefficient (Wildman–Crippen LogP) is 2.31. The van der Waals surface area contributed by atoms with Crippen LogP contribution in [0.1, 0.15) is 16.7 Å². The van der Waals surface area contributed by atoms with E-state index in [1.54, 1.807) is 0 Å². The second-order valence-electron chi connectivity index (χ2n) is 4.12. The molecule has 0 spiro atoms. The summed E-state index contributed by atoms with van der Waals surface area (Å²) < 4.78 is 0. The molecule has 0 unspecified atom stereocenters. The van der Waals surface area contributed by atoms with Crippen LogP contribution in [0.5, 0.6) is 0 Å². The molecule has 2 heteroatoms. The van der Waals surface area contributed by atoms with Crippen LogP contribution < -0.4 is 5.73 Å². The first kappa shape index (κ1) is 11.4. The molecule has 0 fully saturated rings. The maximum atomic E-state index is 10.8. The van der Waals surface area contributed by atoms with Crippen LogP contribution >= 0.6 is 0 Å². The minimum absolute atomic E-state index is 0.291. The molecule has 0 aliphatic rings. The summed E-state index contributed by atoms with van der Waals surface area (Å²) in [5, 5.41) is 0. The maximum Gasteiger partial charge on any atom is 0.221 e. The monoisotopic (exact) mass is 225 g/mol. The molecule has 2 nitrogen and oxygen atoms in total. The topological polar surface area (TPSA) is 43.1 Å². The average molecular weight is 225 g/mol. The lowest BCUT2D eigenvalue weighted by Gasteiger charge is -2.03. The SMILES string of the molecule is NC(=O)Cc1ccc(Cc2ccccc2)cc1. The van der Waals surface area contributed by atoms with Crippen LogP contribution in [0.2, 0.25) is 0 Å². The molecule has 86 valence electrons. The first-order chi connectivity index (χ1) is 8.24. The third-order valence-corrected chi connectivity index (χ3v) is 2.65. The number of carbonyl (C=O) groups is 1. The fourth-order valence-corrected chi connectivity index (χ4v) is 1.81. The first-order valence-electron chi connectivity index (χ1n) is 5.64. The minimum Gasteiger partial charge on any atom is -0.369 e. The molecule has 0 aliphatic carbocycles. The summed E-state index contributed by atoms with van der Waals surface area (Å²) in [6, 6.07) is 18.3. The molecule has 0 bridgehead atoms. The quantitative estimate of drug-likeness (QED) is 0.852.